The van der Waals surface area contributed by atoms with Gasteiger partial charge < -0.3 is 4.90 Å². The molecule has 3 aromatic carbocycles. The molecule has 1 fully saturated rings. The predicted molar refractivity (Wildman–Crippen MR) is 127 cm³/mol. The Kier molecular flexibility index (Phi) is 6.46. The van der Waals surface area contributed by atoms with Gasteiger partial charge in [-0.3, -0.25) is 4.79 Å². The molecular weight excluding hydrogens is 493 g/mol. The monoisotopic (exact) mass is 513 g/mol. The van der Waals surface area contributed by atoms with E-state index in [1.165, 1.54) is 42.5 Å². The Balaban J connectivity index is 1.57. The molecule has 4 rings (SSSR count). The number of nitrogens with zero attached hydrogens (tertiary/aromatic N) is 2. The summed E-state index contributed by atoms with van der Waals surface area (Å²) in [6.07, 6.45) is 1.20. The van der Waals surface area contributed by atoms with Gasteiger partial charge in [-0.05, 0) is 54.4 Å². The lowest BCUT2D eigenvalue weighted by molar-refractivity contribution is -0.118. The van der Waals surface area contributed by atoms with Crippen molar-refractivity contribution >= 4 is 31.5 Å². The number of nitriles is 1. The van der Waals surface area contributed by atoms with Crippen LogP contribution in [0.2, 0.25) is 0 Å². The third-order valence-electron chi connectivity index (χ3n) is 5.63. The number of sulfone groups is 1. The molecule has 1 atom stereocenters. The number of rotatable bonds is 6. The summed E-state index contributed by atoms with van der Waals surface area (Å²) < 4.78 is 67.0. The van der Waals surface area contributed by atoms with Gasteiger partial charge in [-0.2, -0.15) is 9.98 Å². The number of hydrogen-bond acceptors (Lipinski definition) is 6. The van der Waals surface area contributed by atoms with Crippen molar-refractivity contribution in [2.75, 3.05) is 17.7 Å². The highest BCUT2D eigenvalue weighted by Crippen LogP contribution is 2.32. The minimum Gasteiger partial charge on any atom is -0.308 e. The molecule has 0 spiro atoms. The molecule has 1 aliphatic rings. The van der Waals surface area contributed by atoms with Crippen molar-refractivity contribution in [2.45, 2.75) is 22.3 Å². The molecule has 35 heavy (non-hydrogen) atoms. The molecular formula is C24H20FN3O5S2. The summed E-state index contributed by atoms with van der Waals surface area (Å²) in [5, 5.41) is 8.86. The number of sulfonamides is 1. The summed E-state index contributed by atoms with van der Waals surface area (Å²) in [7, 11) is -7.59. The fraction of sp³-hybridized carbons (Fsp3) is 0.167. The van der Waals surface area contributed by atoms with Crippen LogP contribution in [0.1, 0.15) is 12.0 Å². The second-order valence-electron chi connectivity index (χ2n) is 8.02. The molecule has 1 N–H and O–H groups in total. The van der Waals surface area contributed by atoms with E-state index >= 15 is 4.39 Å². The van der Waals surface area contributed by atoms with Crippen LogP contribution in [-0.2, 0) is 24.7 Å². The molecule has 3 aromatic rings. The summed E-state index contributed by atoms with van der Waals surface area (Å²) >= 11 is 0. The highest BCUT2D eigenvalue weighted by Gasteiger charge is 2.36. The Morgan fingerprint density at radius 3 is 2.34 bits per heavy atom. The fourth-order valence-electron chi connectivity index (χ4n) is 3.91. The average Bonchev–Trinajstić information content (AvgIpc) is 3.17. The second kappa shape index (κ2) is 9.22. The van der Waals surface area contributed by atoms with Gasteiger partial charge in [0.15, 0.2) is 9.84 Å². The van der Waals surface area contributed by atoms with E-state index in [2.05, 4.69) is 4.72 Å². The van der Waals surface area contributed by atoms with Gasteiger partial charge in [0.1, 0.15) is 11.9 Å². The van der Waals surface area contributed by atoms with Gasteiger partial charge in [-0.25, -0.2) is 21.2 Å². The van der Waals surface area contributed by atoms with Crippen LogP contribution in [0.15, 0.2) is 76.5 Å². The van der Waals surface area contributed by atoms with Gasteiger partial charge in [-0.1, -0.05) is 24.3 Å². The number of amides is 1. The normalized spacial score (nSPS) is 16.3. The maximum Gasteiger partial charge on any atom is 0.245 e. The van der Waals surface area contributed by atoms with E-state index in [-0.39, 0.29) is 28.4 Å². The second-order valence-corrected chi connectivity index (χ2v) is 11.7. The van der Waals surface area contributed by atoms with Crippen LogP contribution in [0.5, 0.6) is 0 Å². The standard InChI is InChI=1S/C24H20FN3O5S2/c1-34(30,31)23-5-3-2-4-19(23)17-8-11-22(20(25)14-17)28-13-12-21(24(28)29)27-35(32,33)18-9-6-16(15-26)7-10-18/h2-11,14,21,27H,12-13H2,1H3. The largest absolute Gasteiger partial charge is 0.308 e. The van der Waals surface area contributed by atoms with E-state index < -0.39 is 37.6 Å². The van der Waals surface area contributed by atoms with E-state index in [1.54, 1.807) is 18.2 Å². The van der Waals surface area contributed by atoms with Crippen LogP contribution in [0.25, 0.3) is 11.1 Å². The van der Waals surface area contributed by atoms with E-state index in [0.29, 0.717) is 16.7 Å². The van der Waals surface area contributed by atoms with Crippen molar-refractivity contribution in [3.8, 4) is 17.2 Å². The summed E-state index contributed by atoms with van der Waals surface area (Å²) in [4.78, 5) is 14.0. The zero-order valence-corrected chi connectivity index (χ0v) is 20.1. The van der Waals surface area contributed by atoms with Crippen molar-refractivity contribution in [1.29, 1.82) is 5.26 Å². The van der Waals surface area contributed by atoms with Crippen LogP contribution in [0, 0.1) is 17.1 Å². The minimum absolute atomic E-state index is 0.0318. The summed E-state index contributed by atoms with van der Waals surface area (Å²) in [6, 6.07) is 16.3. The minimum atomic E-state index is -4.04. The first kappa shape index (κ1) is 24.5. The topological polar surface area (TPSA) is 124 Å². The maximum atomic E-state index is 15.1. The number of benzene rings is 3. The molecule has 1 heterocycles. The Hall–Kier alpha value is -3.59. The molecule has 8 nitrogen and oxygen atoms in total. The summed E-state index contributed by atoms with van der Waals surface area (Å²) in [5.74, 6) is -1.35. The molecule has 0 radical (unpaired) electrons. The molecule has 0 bridgehead atoms. The van der Waals surface area contributed by atoms with Crippen molar-refractivity contribution in [3.05, 3.63) is 78.1 Å². The molecule has 0 aliphatic carbocycles. The molecule has 1 saturated heterocycles. The van der Waals surface area contributed by atoms with Gasteiger partial charge in [0.05, 0.1) is 27.1 Å². The van der Waals surface area contributed by atoms with E-state index in [4.69, 9.17) is 5.26 Å². The smallest absolute Gasteiger partial charge is 0.245 e. The lowest BCUT2D eigenvalue weighted by Gasteiger charge is -2.19. The third-order valence-corrected chi connectivity index (χ3v) is 8.28. The summed E-state index contributed by atoms with van der Waals surface area (Å²) in [5.41, 5.74) is 0.930. The molecule has 180 valence electrons. The number of carbonyl (C=O) groups is 1. The maximum absolute atomic E-state index is 15.1. The van der Waals surface area contributed by atoms with Crippen molar-refractivity contribution in [1.82, 2.24) is 4.72 Å². The Labute approximate surface area is 202 Å². The number of halogens is 1. The highest BCUT2D eigenvalue weighted by atomic mass is 32.2. The van der Waals surface area contributed by atoms with Crippen LogP contribution >= 0.6 is 0 Å². The van der Waals surface area contributed by atoms with E-state index in [1.807, 2.05) is 6.07 Å². The zero-order chi connectivity index (χ0) is 25.4. The van der Waals surface area contributed by atoms with Crippen molar-refractivity contribution < 1.29 is 26.0 Å². The molecule has 0 saturated carbocycles. The first-order valence-corrected chi connectivity index (χ1v) is 13.8. The molecule has 11 heteroatoms. The first-order valence-electron chi connectivity index (χ1n) is 10.4. The Bertz CT molecular complexity index is 1560. The number of anilines is 1. The van der Waals surface area contributed by atoms with Gasteiger partial charge in [0.25, 0.3) is 0 Å². The Morgan fingerprint density at radius 1 is 1.03 bits per heavy atom. The first-order chi connectivity index (χ1) is 16.5. The van der Waals surface area contributed by atoms with Crippen LogP contribution in [0.4, 0.5) is 10.1 Å². The van der Waals surface area contributed by atoms with Crippen molar-refractivity contribution in [3.63, 3.8) is 0 Å². The highest BCUT2D eigenvalue weighted by molar-refractivity contribution is 7.91. The molecule has 0 aromatic heterocycles. The number of carbonyl (C=O) groups excluding carboxylic acids is 1. The average molecular weight is 514 g/mol. The summed E-state index contributed by atoms with van der Waals surface area (Å²) in [6.45, 7) is 0.0928. The quantitative estimate of drug-likeness (QED) is 0.541. The van der Waals surface area contributed by atoms with Gasteiger partial charge in [0, 0.05) is 18.4 Å². The molecule has 1 amide bonds. The van der Waals surface area contributed by atoms with Crippen molar-refractivity contribution in [2.24, 2.45) is 0 Å². The molecule has 1 aliphatic heterocycles. The lowest BCUT2D eigenvalue weighted by atomic mass is 10.0. The van der Waals surface area contributed by atoms with Crippen LogP contribution < -0.4 is 9.62 Å². The van der Waals surface area contributed by atoms with E-state index in [0.717, 1.165) is 17.2 Å². The number of nitrogens with one attached hydrogen (secondary N) is 1. The van der Waals surface area contributed by atoms with Crippen LogP contribution in [0.3, 0.4) is 0 Å². The zero-order valence-electron chi connectivity index (χ0n) is 18.5. The molecule has 1 unspecified atom stereocenters. The Morgan fingerprint density at radius 2 is 1.71 bits per heavy atom. The van der Waals surface area contributed by atoms with Gasteiger partial charge >= 0.3 is 0 Å². The SMILES string of the molecule is CS(=O)(=O)c1ccccc1-c1ccc(N2CCC(NS(=O)(=O)c3ccc(C#N)cc3)C2=O)c(F)c1. The van der Waals surface area contributed by atoms with Crippen LogP contribution in [-0.4, -0.2) is 41.6 Å². The van der Waals surface area contributed by atoms with E-state index in [9.17, 15) is 21.6 Å². The predicted octanol–water partition coefficient (Wildman–Crippen LogP) is 2.85. The van der Waals surface area contributed by atoms with Gasteiger partial charge in [0.2, 0.25) is 15.9 Å². The van der Waals surface area contributed by atoms with Gasteiger partial charge in [-0.15, -0.1) is 0 Å². The fourth-order valence-corrected chi connectivity index (χ4v) is 6.05. The lowest BCUT2D eigenvalue weighted by Crippen LogP contribution is -2.41. The number of hydrogen-bond donors (Lipinski definition) is 1. The third kappa shape index (κ3) is 4.95.